The number of benzene rings is 4. The fraction of sp³-hybridized carbons (Fsp3) is 0.161. The normalized spacial score (nSPS) is 11.4. The van der Waals surface area contributed by atoms with Crippen LogP contribution in [0.2, 0.25) is 0 Å². The van der Waals surface area contributed by atoms with E-state index >= 15 is 0 Å². The predicted octanol–water partition coefficient (Wildman–Crippen LogP) is 9.26. The van der Waals surface area contributed by atoms with Crippen molar-refractivity contribution < 1.29 is 17.6 Å². The van der Waals surface area contributed by atoms with Gasteiger partial charge in [-0.05, 0) is 40.7 Å². The van der Waals surface area contributed by atoms with E-state index in [9.17, 15) is 17.6 Å². The topological polar surface area (TPSA) is 0 Å². The number of halogens is 4. The first kappa shape index (κ1) is 24.5. The molecule has 0 saturated carbocycles. The molecule has 4 aromatic carbocycles. The second kappa shape index (κ2) is 10.7. The van der Waals surface area contributed by atoms with Crippen molar-refractivity contribution in [3.8, 4) is 22.3 Å². The van der Waals surface area contributed by atoms with Crippen molar-refractivity contribution in [1.29, 1.82) is 0 Å². The molecule has 0 unspecified atom stereocenters. The largest absolute Gasteiger partial charge is 0.203 e. The number of hydrogen-bond acceptors (Lipinski definition) is 0. The Labute approximate surface area is 203 Å². The maximum atomic E-state index is 15.0. The first-order valence-corrected chi connectivity index (χ1v) is 11.8. The summed E-state index contributed by atoms with van der Waals surface area (Å²) in [6.45, 7) is 3.95. The van der Waals surface area contributed by atoms with Gasteiger partial charge in [-0.15, -0.1) is 0 Å². The number of rotatable bonds is 7. The Morgan fingerprint density at radius 1 is 0.571 bits per heavy atom. The van der Waals surface area contributed by atoms with E-state index in [-0.39, 0.29) is 16.7 Å². The third-order valence-corrected chi connectivity index (χ3v) is 6.14. The van der Waals surface area contributed by atoms with Crippen LogP contribution in [0.25, 0.3) is 34.4 Å². The standard InChI is InChI=1S/C31H26F4/c1-3-5-24-16-17-25(29(33)28(24)32)15-10-21-8-13-23(14-9-21)27-19-18-26(30(34)31(27)35)22-11-6-20(4-2)7-12-22/h6-19H,3-5H2,1-2H3. The highest BCUT2D eigenvalue weighted by Gasteiger charge is 2.16. The zero-order valence-electron chi connectivity index (χ0n) is 19.7. The molecule has 0 spiro atoms. The van der Waals surface area contributed by atoms with Gasteiger partial charge in [0.15, 0.2) is 23.3 Å². The Balaban J connectivity index is 1.56. The van der Waals surface area contributed by atoms with E-state index in [4.69, 9.17) is 0 Å². The van der Waals surface area contributed by atoms with Crippen LogP contribution in [-0.4, -0.2) is 0 Å². The van der Waals surface area contributed by atoms with Crippen LogP contribution in [0.5, 0.6) is 0 Å². The smallest absolute Gasteiger partial charge is 0.167 e. The molecule has 0 aliphatic heterocycles. The maximum absolute atomic E-state index is 15.0. The van der Waals surface area contributed by atoms with Crippen LogP contribution in [-0.2, 0) is 12.8 Å². The van der Waals surface area contributed by atoms with E-state index in [1.807, 2.05) is 26.0 Å². The molecular weight excluding hydrogens is 448 g/mol. The van der Waals surface area contributed by atoms with Gasteiger partial charge in [-0.2, -0.15) is 0 Å². The van der Waals surface area contributed by atoms with Gasteiger partial charge in [0.2, 0.25) is 0 Å². The molecule has 4 aromatic rings. The van der Waals surface area contributed by atoms with Crippen molar-refractivity contribution in [2.24, 2.45) is 0 Å². The molecular formula is C31H26F4. The Morgan fingerprint density at radius 2 is 1.14 bits per heavy atom. The van der Waals surface area contributed by atoms with Gasteiger partial charge in [0.05, 0.1) is 0 Å². The van der Waals surface area contributed by atoms with Gasteiger partial charge in [-0.1, -0.05) is 105 Å². The van der Waals surface area contributed by atoms with Crippen molar-refractivity contribution in [2.45, 2.75) is 33.1 Å². The molecule has 0 fully saturated rings. The van der Waals surface area contributed by atoms with Crippen molar-refractivity contribution in [2.75, 3.05) is 0 Å². The maximum Gasteiger partial charge on any atom is 0.167 e. The van der Waals surface area contributed by atoms with Crippen LogP contribution in [0.3, 0.4) is 0 Å². The lowest BCUT2D eigenvalue weighted by Crippen LogP contribution is -1.96. The SMILES string of the molecule is CCCc1ccc(C=Cc2ccc(-c3ccc(-c4ccc(CC)cc4)c(F)c3F)cc2)c(F)c1F. The molecule has 0 nitrogen and oxygen atoms in total. The van der Waals surface area contributed by atoms with Crippen LogP contribution in [0.4, 0.5) is 17.6 Å². The Hall–Kier alpha value is -3.66. The van der Waals surface area contributed by atoms with E-state index in [2.05, 4.69) is 0 Å². The zero-order chi connectivity index (χ0) is 24.9. The molecule has 0 heterocycles. The van der Waals surface area contributed by atoms with Gasteiger partial charge in [-0.25, -0.2) is 17.6 Å². The summed E-state index contributed by atoms with van der Waals surface area (Å²) in [5, 5.41) is 0. The highest BCUT2D eigenvalue weighted by molar-refractivity contribution is 5.75. The summed E-state index contributed by atoms with van der Waals surface area (Å²) < 4.78 is 58.4. The van der Waals surface area contributed by atoms with Crippen molar-refractivity contribution in [3.05, 3.63) is 118 Å². The lowest BCUT2D eigenvalue weighted by Gasteiger charge is -2.10. The summed E-state index contributed by atoms with van der Waals surface area (Å²) in [5.74, 6) is -3.48. The summed E-state index contributed by atoms with van der Waals surface area (Å²) in [7, 11) is 0. The Bertz CT molecular complexity index is 1350. The highest BCUT2D eigenvalue weighted by Crippen LogP contribution is 2.32. The molecule has 0 radical (unpaired) electrons. The average molecular weight is 475 g/mol. The number of aryl methyl sites for hydroxylation is 2. The van der Waals surface area contributed by atoms with E-state index < -0.39 is 23.3 Å². The molecule has 0 bridgehead atoms. The third-order valence-electron chi connectivity index (χ3n) is 6.14. The minimum Gasteiger partial charge on any atom is -0.203 e. The summed E-state index contributed by atoms with van der Waals surface area (Å²) >= 11 is 0. The molecule has 35 heavy (non-hydrogen) atoms. The molecule has 0 aliphatic carbocycles. The fourth-order valence-electron chi connectivity index (χ4n) is 4.07. The second-order valence-corrected chi connectivity index (χ2v) is 8.49. The summed E-state index contributed by atoms with van der Waals surface area (Å²) in [5.41, 5.74) is 3.89. The quantitative estimate of drug-likeness (QED) is 0.185. The van der Waals surface area contributed by atoms with Crippen molar-refractivity contribution >= 4 is 12.2 Å². The Kier molecular flexibility index (Phi) is 7.50. The van der Waals surface area contributed by atoms with Crippen LogP contribution < -0.4 is 0 Å². The van der Waals surface area contributed by atoms with Gasteiger partial charge in [0.1, 0.15) is 0 Å². The molecule has 0 saturated heterocycles. The monoisotopic (exact) mass is 474 g/mol. The number of hydrogen-bond donors (Lipinski definition) is 0. The average Bonchev–Trinajstić information content (AvgIpc) is 2.88. The summed E-state index contributed by atoms with van der Waals surface area (Å²) in [6, 6.07) is 20.5. The molecule has 0 atom stereocenters. The molecule has 0 amide bonds. The van der Waals surface area contributed by atoms with Gasteiger partial charge < -0.3 is 0 Å². The van der Waals surface area contributed by atoms with Crippen LogP contribution >= 0.6 is 0 Å². The molecule has 0 aliphatic rings. The summed E-state index contributed by atoms with van der Waals surface area (Å²) in [4.78, 5) is 0. The first-order chi connectivity index (χ1) is 16.9. The van der Waals surface area contributed by atoms with Crippen LogP contribution in [0.1, 0.15) is 42.5 Å². The van der Waals surface area contributed by atoms with Gasteiger partial charge >= 0.3 is 0 Å². The zero-order valence-corrected chi connectivity index (χ0v) is 19.7. The van der Waals surface area contributed by atoms with Gasteiger partial charge in [-0.3, -0.25) is 0 Å². The van der Waals surface area contributed by atoms with Crippen molar-refractivity contribution in [3.63, 3.8) is 0 Å². The minimum absolute atomic E-state index is 0.155. The van der Waals surface area contributed by atoms with E-state index in [0.717, 1.165) is 24.0 Å². The van der Waals surface area contributed by atoms with Crippen LogP contribution in [0, 0.1) is 23.3 Å². The minimum atomic E-state index is -0.907. The van der Waals surface area contributed by atoms with E-state index in [1.165, 1.54) is 6.08 Å². The molecule has 0 aromatic heterocycles. The second-order valence-electron chi connectivity index (χ2n) is 8.49. The third kappa shape index (κ3) is 5.22. The summed E-state index contributed by atoms with van der Waals surface area (Å²) in [6.07, 6.45) is 5.25. The fourth-order valence-corrected chi connectivity index (χ4v) is 4.07. The van der Waals surface area contributed by atoms with E-state index in [0.29, 0.717) is 23.1 Å². The lowest BCUT2D eigenvalue weighted by atomic mass is 9.97. The van der Waals surface area contributed by atoms with Gasteiger partial charge in [0, 0.05) is 16.7 Å². The Morgan fingerprint density at radius 3 is 1.69 bits per heavy atom. The molecule has 0 N–H and O–H groups in total. The molecule has 4 rings (SSSR count). The lowest BCUT2D eigenvalue weighted by molar-refractivity contribution is 0.496. The molecule has 4 heteroatoms. The van der Waals surface area contributed by atoms with Gasteiger partial charge in [0.25, 0.3) is 0 Å². The predicted molar refractivity (Wildman–Crippen MR) is 136 cm³/mol. The van der Waals surface area contributed by atoms with E-state index in [1.54, 1.807) is 66.7 Å². The molecule has 178 valence electrons. The highest BCUT2D eigenvalue weighted by atomic mass is 19.2. The first-order valence-electron chi connectivity index (χ1n) is 11.8. The van der Waals surface area contributed by atoms with Crippen LogP contribution in [0.15, 0.2) is 72.8 Å². The van der Waals surface area contributed by atoms with Crippen molar-refractivity contribution in [1.82, 2.24) is 0 Å².